The van der Waals surface area contributed by atoms with Crippen molar-refractivity contribution in [3.63, 3.8) is 0 Å². The highest BCUT2D eigenvalue weighted by molar-refractivity contribution is 7.91. The van der Waals surface area contributed by atoms with Gasteiger partial charge in [-0.15, -0.1) is 0 Å². The van der Waals surface area contributed by atoms with Crippen LogP contribution in [0.4, 0.5) is 4.39 Å². The Labute approximate surface area is 159 Å². The smallest absolute Gasteiger partial charge is 0.246 e. The Hall–Kier alpha value is -2.47. The number of piperidine rings is 1. The molecule has 3 rings (SSSR count). The third-order valence-corrected chi connectivity index (χ3v) is 6.98. The van der Waals surface area contributed by atoms with Gasteiger partial charge in [-0.2, -0.15) is 0 Å². The van der Waals surface area contributed by atoms with E-state index >= 15 is 0 Å². The summed E-state index contributed by atoms with van der Waals surface area (Å²) in [6.45, 7) is 0.844. The number of nitrogens with zero attached hydrogens (tertiary/aromatic N) is 1. The van der Waals surface area contributed by atoms with Gasteiger partial charge < -0.3 is 4.90 Å². The van der Waals surface area contributed by atoms with Crippen LogP contribution in [0.1, 0.15) is 24.0 Å². The Kier molecular flexibility index (Phi) is 6.06. The average molecular weight is 387 g/mol. The molecule has 142 valence electrons. The van der Waals surface area contributed by atoms with E-state index in [2.05, 4.69) is 0 Å². The van der Waals surface area contributed by atoms with E-state index in [-0.39, 0.29) is 17.5 Å². The molecule has 0 unspecified atom stereocenters. The van der Waals surface area contributed by atoms with Crippen molar-refractivity contribution in [2.75, 3.05) is 13.1 Å². The highest BCUT2D eigenvalue weighted by Gasteiger charge is 2.31. The fraction of sp³-hybridized carbons (Fsp3) is 0.286. The molecular weight excluding hydrogens is 365 g/mol. The molecule has 1 aliphatic rings. The molecule has 0 radical (unpaired) electrons. The van der Waals surface area contributed by atoms with Crippen LogP contribution in [0.25, 0.3) is 6.08 Å². The zero-order chi connectivity index (χ0) is 19.3. The number of rotatable bonds is 5. The van der Waals surface area contributed by atoms with Gasteiger partial charge in [0.2, 0.25) is 5.91 Å². The fourth-order valence-electron chi connectivity index (χ4n) is 3.21. The first-order valence-corrected chi connectivity index (χ1v) is 10.6. The molecule has 1 amide bonds. The Bertz CT molecular complexity index is 900. The molecule has 0 bridgehead atoms. The first-order chi connectivity index (χ1) is 12.9. The first kappa shape index (κ1) is 19.3. The standard InChI is InChI=1S/C21H22FNO3S/c22-19-9-6-17(7-10-19)8-11-21(24)23-14-12-20(13-15-23)27(25,26)16-18-4-2-1-3-5-18/h1-11,20H,12-16H2/b11-8+. The Morgan fingerprint density at radius 3 is 2.30 bits per heavy atom. The van der Waals surface area contributed by atoms with E-state index in [0.717, 1.165) is 11.1 Å². The topological polar surface area (TPSA) is 54.5 Å². The van der Waals surface area contributed by atoms with Crippen LogP contribution in [0.2, 0.25) is 0 Å². The van der Waals surface area contributed by atoms with Crippen LogP contribution in [0.5, 0.6) is 0 Å². The van der Waals surface area contributed by atoms with E-state index in [1.54, 1.807) is 23.1 Å². The molecule has 0 N–H and O–H groups in total. The lowest BCUT2D eigenvalue weighted by Crippen LogP contribution is -2.42. The van der Waals surface area contributed by atoms with E-state index in [0.29, 0.717) is 25.9 Å². The molecule has 4 nitrogen and oxygen atoms in total. The summed E-state index contributed by atoms with van der Waals surface area (Å²) in [5.41, 5.74) is 1.53. The van der Waals surface area contributed by atoms with Gasteiger partial charge in [0.1, 0.15) is 5.82 Å². The highest BCUT2D eigenvalue weighted by Crippen LogP contribution is 2.22. The number of amides is 1. The van der Waals surface area contributed by atoms with Gasteiger partial charge in [0, 0.05) is 19.2 Å². The second kappa shape index (κ2) is 8.48. The van der Waals surface area contributed by atoms with Crippen LogP contribution in [0.15, 0.2) is 60.7 Å². The Morgan fingerprint density at radius 1 is 1.04 bits per heavy atom. The maximum absolute atomic E-state index is 12.9. The fourth-order valence-corrected chi connectivity index (χ4v) is 5.03. The summed E-state index contributed by atoms with van der Waals surface area (Å²) in [4.78, 5) is 14.0. The number of benzene rings is 2. The maximum atomic E-state index is 12.9. The Balaban J connectivity index is 1.55. The monoisotopic (exact) mass is 387 g/mol. The predicted octanol–water partition coefficient (Wildman–Crippen LogP) is 3.44. The summed E-state index contributed by atoms with van der Waals surface area (Å²) in [6.07, 6.45) is 3.99. The van der Waals surface area contributed by atoms with Gasteiger partial charge in [-0.05, 0) is 42.2 Å². The minimum absolute atomic E-state index is 0.0386. The summed E-state index contributed by atoms with van der Waals surface area (Å²) >= 11 is 0. The van der Waals surface area contributed by atoms with Gasteiger partial charge >= 0.3 is 0 Å². The molecule has 1 fully saturated rings. The lowest BCUT2D eigenvalue weighted by Gasteiger charge is -2.31. The van der Waals surface area contributed by atoms with Gasteiger partial charge in [0.05, 0.1) is 11.0 Å². The predicted molar refractivity (Wildman–Crippen MR) is 104 cm³/mol. The molecular formula is C21H22FNO3S. The van der Waals surface area contributed by atoms with Crippen molar-refractivity contribution in [2.24, 2.45) is 0 Å². The van der Waals surface area contributed by atoms with Crippen LogP contribution >= 0.6 is 0 Å². The van der Waals surface area contributed by atoms with E-state index in [1.807, 2.05) is 30.3 Å². The number of hydrogen-bond donors (Lipinski definition) is 0. The Morgan fingerprint density at radius 2 is 1.67 bits per heavy atom. The summed E-state index contributed by atoms with van der Waals surface area (Å²) in [5.74, 6) is -0.438. The lowest BCUT2D eigenvalue weighted by molar-refractivity contribution is -0.126. The molecule has 1 saturated heterocycles. The van der Waals surface area contributed by atoms with Crippen LogP contribution in [0.3, 0.4) is 0 Å². The number of likely N-dealkylation sites (tertiary alicyclic amines) is 1. The summed E-state index contributed by atoms with van der Waals surface area (Å²) in [6, 6.07) is 15.0. The molecule has 0 spiro atoms. The van der Waals surface area contributed by atoms with Crippen molar-refractivity contribution in [3.8, 4) is 0 Å². The minimum Gasteiger partial charge on any atom is -0.339 e. The second-order valence-electron chi connectivity index (χ2n) is 6.70. The van der Waals surface area contributed by atoms with Gasteiger partial charge in [0.25, 0.3) is 0 Å². The van der Waals surface area contributed by atoms with E-state index in [1.165, 1.54) is 18.2 Å². The largest absolute Gasteiger partial charge is 0.339 e. The molecule has 2 aromatic carbocycles. The molecule has 0 aromatic heterocycles. The van der Waals surface area contributed by atoms with Gasteiger partial charge in [-0.1, -0.05) is 42.5 Å². The highest BCUT2D eigenvalue weighted by atomic mass is 32.2. The molecule has 0 aliphatic carbocycles. The van der Waals surface area contributed by atoms with Gasteiger partial charge in [-0.3, -0.25) is 4.79 Å². The molecule has 27 heavy (non-hydrogen) atoms. The zero-order valence-corrected chi connectivity index (χ0v) is 15.7. The van der Waals surface area contributed by atoms with Gasteiger partial charge in [-0.25, -0.2) is 12.8 Å². The van der Waals surface area contributed by atoms with E-state index in [4.69, 9.17) is 0 Å². The average Bonchev–Trinajstić information content (AvgIpc) is 2.68. The first-order valence-electron chi connectivity index (χ1n) is 8.92. The second-order valence-corrected chi connectivity index (χ2v) is 8.98. The van der Waals surface area contributed by atoms with Crippen molar-refractivity contribution in [3.05, 3.63) is 77.6 Å². The normalized spacial score (nSPS) is 16.0. The van der Waals surface area contributed by atoms with E-state index < -0.39 is 15.1 Å². The van der Waals surface area contributed by atoms with Gasteiger partial charge in [0.15, 0.2) is 9.84 Å². The zero-order valence-electron chi connectivity index (χ0n) is 14.9. The minimum atomic E-state index is -3.24. The van der Waals surface area contributed by atoms with Crippen molar-refractivity contribution >= 4 is 21.8 Å². The molecule has 6 heteroatoms. The van der Waals surface area contributed by atoms with Crippen molar-refractivity contribution in [1.82, 2.24) is 4.90 Å². The number of hydrogen-bond acceptors (Lipinski definition) is 3. The van der Waals surface area contributed by atoms with Crippen LogP contribution in [0, 0.1) is 5.82 Å². The summed E-state index contributed by atoms with van der Waals surface area (Å²) < 4.78 is 38.1. The van der Waals surface area contributed by atoms with Crippen molar-refractivity contribution in [1.29, 1.82) is 0 Å². The van der Waals surface area contributed by atoms with Crippen LogP contribution in [-0.2, 0) is 20.4 Å². The number of halogens is 1. The third-order valence-electron chi connectivity index (χ3n) is 4.76. The molecule has 0 saturated carbocycles. The lowest BCUT2D eigenvalue weighted by atomic mass is 10.1. The number of sulfone groups is 1. The van der Waals surface area contributed by atoms with Crippen LogP contribution in [-0.4, -0.2) is 37.6 Å². The summed E-state index contributed by atoms with van der Waals surface area (Å²) in [5, 5.41) is -0.414. The SMILES string of the molecule is O=C(/C=C/c1ccc(F)cc1)N1CCC(S(=O)(=O)Cc2ccccc2)CC1. The van der Waals surface area contributed by atoms with Crippen molar-refractivity contribution in [2.45, 2.75) is 23.8 Å². The molecule has 0 atom stereocenters. The third kappa shape index (κ3) is 5.26. The quantitative estimate of drug-likeness (QED) is 0.739. The maximum Gasteiger partial charge on any atom is 0.246 e. The summed E-state index contributed by atoms with van der Waals surface area (Å²) in [7, 11) is -3.24. The van der Waals surface area contributed by atoms with Crippen LogP contribution < -0.4 is 0 Å². The van der Waals surface area contributed by atoms with E-state index in [9.17, 15) is 17.6 Å². The molecule has 1 aliphatic heterocycles. The number of carbonyl (C=O) groups is 1. The molecule has 2 aromatic rings. The van der Waals surface area contributed by atoms with Crippen molar-refractivity contribution < 1.29 is 17.6 Å². The number of carbonyl (C=O) groups excluding carboxylic acids is 1. The molecule has 1 heterocycles.